The maximum Gasteiger partial charge on any atom is 0.124 e. The molecule has 4 nitrogen and oxygen atoms in total. The van der Waals surface area contributed by atoms with E-state index in [4.69, 9.17) is 15.7 Å². The van der Waals surface area contributed by atoms with E-state index < -0.39 is 26.2 Å². The van der Waals surface area contributed by atoms with E-state index in [0.29, 0.717) is 10.2 Å². The van der Waals surface area contributed by atoms with E-state index in [0.717, 1.165) is 4.90 Å². The predicted molar refractivity (Wildman–Crippen MR) is 76.0 cm³/mol. The Morgan fingerprint density at radius 2 is 2.32 bits per heavy atom. The first kappa shape index (κ1) is 6.68. The van der Waals surface area contributed by atoms with Crippen molar-refractivity contribution in [1.29, 1.82) is 0 Å². The van der Waals surface area contributed by atoms with Crippen LogP contribution in [0.2, 0.25) is 0 Å². The highest BCUT2D eigenvalue weighted by atomic mass is 16.5. The molecular weight excluding hydrogens is 238 g/mol. The van der Waals surface area contributed by atoms with E-state index in [2.05, 4.69) is 5.10 Å². The van der Waals surface area contributed by atoms with Crippen molar-refractivity contribution in [3.8, 4) is 0 Å². The molecule has 0 aliphatic carbocycles. The van der Waals surface area contributed by atoms with Crippen molar-refractivity contribution < 1.29 is 15.7 Å². The van der Waals surface area contributed by atoms with E-state index >= 15 is 0 Å². The monoisotopic (exact) mass is 267 g/mol. The molecule has 2 aromatic rings. The van der Waals surface area contributed by atoms with Gasteiger partial charge in [0.25, 0.3) is 0 Å². The lowest BCUT2D eigenvalue weighted by Crippen LogP contribution is -2.20. The Kier molecular flexibility index (Phi) is 2.28. The number of aromatic nitrogens is 2. The van der Waals surface area contributed by atoms with E-state index in [9.17, 15) is 0 Å². The molecule has 2 rings (SSSR count). The zero-order chi connectivity index (χ0) is 20.4. The van der Waals surface area contributed by atoms with Crippen LogP contribution in [0.1, 0.15) is 28.3 Å². The van der Waals surface area contributed by atoms with Gasteiger partial charge in [0.1, 0.15) is 6.10 Å². The fraction of sp³-hybridized carbons (Fsp3) is 0.400. The van der Waals surface area contributed by atoms with Gasteiger partial charge in [0.05, 0.1) is 15.0 Å². The molecule has 1 aromatic heterocycles. The number of hydrogen-bond acceptors (Lipinski definition) is 3. The molecular formula is C15H21N3O. The molecule has 19 heavy (non-hydrogen) atoms. The van der Waals surface area contributed by atoms with Gasteiger partial charge in [0.15, 0.2) is 0 Å². The van der Waals surface area contributed by atoms with E-state index in [-0.39, 0.29) is 24.9 Å². The number of likely N-dealkylation sites (N-methyl/N-ethyl adjacent to an activating group) is 1. The van der Waals surface area contributed by atoms with Crippen molar-refractivity contribution in [3.63, 3.8) is 0 Å². The number of hydrogen-bond donors (Lipinski definition) is 0. The van der Waals surface area contributed by atoms with Gasteiger partial charge in [-0.1, -0.05) is 30.3 Å². The molecule has 0 aliphatic heterocycles. The second-order valence-corrected chi connectivity index (χ2v) is 4.12. The second kappa shape index (κ2) is 6.50. The fourth-order valence-corrected chi connectivity index (χ4v) is 1.68. The van der Waals surface area contributed by atoms with Crippen LogP contribution < -0.4 is 0 Å². The lowest BCUT2D eigenvalue weighted by atomic mass is 10.1. The summed E-state index contributed by atoms with van der Waals surface area (Å²) in [5, 5.41) is 3.66. The van der Waals surface area contributed by atoms with Crippen LogP contribution in [0, 0.1) is 0 Å². The minimum Gasteiger partial charge on any atom is -0.366 e. The fourth-order valence-electron chi connectivity index (χ4n) is 1.68. The molecule has 0 spiro atoms. The van der Waals surface area contributed by atoms with Crippen molar-refractivity contribution in [2.24, 2.45) is 6.98 Å². The van der Waals surface area contributed by atoms with Crippen LogP contribution >= 0.6 is 0 Å². The summed E-state index contributed by atoms with van der Waals surface area (Å²) in [5.41, 5.74) is 0.510. The van der Waals surface area contributed by atoms with Gasteiger partial charge in [-0.05, 0) is 25.6 Å². The Bertz CT molecular complexity index is 757. The van der Waals surface area contributed by atoms with Crippen LogP contribution in [0.4, 0.5) is 0 Å². The number of nitrogens with zero attached hydrogens (tertiary/aromatic N) is 3. The average molecular weight is 267 g/mol. The highest BCUT2D eigenvalue weighted by Gasteiger charge is 2.17. The number of aryl methyl sites for hydroxylation is 1. The lowest BCUT2D eigenvalue weighted by molar-refractivity contribution is 0.0638. The minimum atomic E-state index is -2.68. The summed E-state index contributed by atoms with van der Waals surface area (Å²) in [7, 11) is 1.43. The van der Waals surface area contributed by atoms with Gasteiger partial charge in [0, 0.05) is 27.9 Å². The summed E-state index contributed by atoms with van der Waals surface area (Å²) in [4.78, 5) is 1.13. The van der Waals surface area contributed by atoms with Gasteiger partial charge >= 0.3 is 0 Å². The van der Waals surface area contributed by atoms with Crippen molar-refractivity contribution in [2.45, 2.75) is 6.10 Å². The molecule has 0 amide bonds. The molecule has 1 aromatic carbocycles. The predicted octanol–water partition coefficient (Wildman–Crippen LogP) is 2.09. The first-order valence-corrected chi connectivity index (χ1v) is 5.87. The molecule has 102 valence electrons. The van der Waals surface area contributed by atoms with Gasteiger partial charge in [-0.2, -0.15) is 5.10 Å². The Morgan fingerprint density at radius 1 is 1.47 bits per heavy atom. The van der Waals surface area contributed by atoms with Crippen LogP contribution in [0.3, 0.4) is 0 Å². The van der Waals surface area contributed by atoms with Crippen LogP contribution in [0.15, 0.2) is 42.5 Å². The minimum absolute atomic E-state index is 0.0204. The first-order valence-electron chi connectivity index (χ1n) is 9.87. The van der Waals surface area contributed by atoms with Crippen molar-refractivity contribution in [2.75, 3.05) is 27.2 Å². The normalized spacial score (nSPS) is 20.3. The van der Waals surface area contributed by atoms with Crippen molar-refractivity contribution >= 4 is 0 Å². The Balaban J connectivity index is 2.38. The number of ether oxygens (including phenoxy) is 1. The Morgan fingerprint density at radius 3 is 3.05 bits per heavy atom. The molecule has 0 saturated heterocycles. The van der Waals surface area contributed by atoms with Crippen molar-refractivity contribution in [1.82, 2.24) is 14.7 Å². The summed E-state index contributed by atoms with van der Waals surface area (Å²) in [5.74, 6) is 0. The van der Waals surface area contributed by atoms with Gasteiger partial charge in [-0.25, -0.2) is 0 Å². The molecule has 1 unspecified atom stereocenters. The molecule has 1 heterocycles. The smallest absolute Gasteiger partial charge is 0.124 e. The molecule has 0 fully saturated rings. The third-order valence-electron chi connectivity index (χ3n) is 2.62. The van der Waals surface area contributed by atoms with E-state index in [1.807, 2.05) is 0 Å². The van der Waals surface area contributed by atoms with Gasteiger partial charge in [-0.3, -0.25) is 4.68 Å². The van der Waals surface area contributed by atoms with E-state index in [1.165, 1.54) is 7.05 Å². The van der Waals surface area contributed by atoms with Gasteiger partial charge in [-0.15, -0.1) is 0 Å². The largest absolute Gasteiger partial charge is 0.366 e. The van der Waals surface area contributed by atoms with Crippen LogP contribution in [-0.2, 0) is 11.7 Å². The highest BCUT2D eigenvalue weighted by molar-refractivity contribution is 5.25. The average Bonchev–Trinajstić information content (AvgIpc) is 2.87. The molecule has 4 heteroatoms. The third kappa shape index (κ3) is 3.66. The zero-order valence-electron chi connectivity index (χ0n) is 18.6. The van der Waals surface area contributed by atoms with E-state index in [1.54, 1.807) is 30.3 Å². The highest BCUT2D eigenvalue weighted by Crippen LogP contribution is 2.25. The Labute approximate surface area is 125 Å². The Hall–Kier alpha value is -1.65. The number of benzene rings is 1. The summed E-state index contributed by atoms with van der Waals surface area (Å²) in [6, 6.07) is 8.32. The van der Waals surface area contributed by atoms with Crippen LogP contribution in [0.5, 0.6) is 0 Å². The summed E-state index contributed by atoms with van der Waals surface area (Å²) in [6.07, 6.45) is -1.44. The SMILES string of the molecule is [2H]c1nn(C([2H])([2H])[2H])c(C(OCCN(C)C([2H])([2H])[2H])c2ccccc2)c1[2H]. The second-order valence-electron chi connectivity index (χ2n) is 4.12. The molecule has 0 N–H and O–H groups in total. The molecule has 0 bridgehead atoms. The lowest BCUT2D eigenvalue weighted by Gasteiger charge is -2.20. The topological polar surface area (TPSA) is 30.3 Å². The quantitative estimate of drug-likeness (QED) is 0.803. The number of rotatable bonds is 6. The maximum absolute atomic E-state index is 8.09. The summed E-state index contributed by atoms with van der Waals surface area (Å²) < 4.78 is 67.3. The first-order chi connectivity index (χ1) is 12.4. The summed E-state index contributed by atoms with van der Waals surface area (Å²) >= 11 is 0. The maximum atomic E-state index is 8.09. The van der Waals surface area contributed by atoms with Gasteiger partial charge in [0.2, 0.25) is 0 Å². The molecule has 0 saturated carbocycles. The van der Waals surface area contributed by atoms with Crippen molar-refractivity contribution in [3.05, 3.63) is 53.8 Å². The van der Waals surface area contributed by atoms with Crippen LogP contribution in [0.25, 0.3) is 0 Å². The molecule has 1 atom stereocenters. The molecule has 0 radical (unpaired) electrons. The van der Waals surface area contributed by atoms with Crippen LogP contribution in [-0.4, -0.2) is 41.9 Å². The summed E-state index contributed by atoms with van der Waals surface area (Å²) in [6.45, 7) is -4.91. The molecule has 0 aliphatic rings. The standard InChI is InChI=1S/C15H21N3O/c1-17(2)11-12-19-15(13-7-5-4-6-8-13)14-9-10-16-18(14)3/h4-10,15H,11-12H2,1-3H3/i1D3,3D3,9D,10D. The zero-order valence-corrected chi connectivity index (χ0v) is 10.6. The third-order valence-corrected chi connectivity index (χ3v) is 2.62. The van der Waals surface area contributed by atoms with Gasteiger partial charge < -0.3 is 9.64 Å².